The number of halogens is 1. The Hall–Kier alpha value is -2.15. The number of hydrogen-bond acceptors (Lipinski definition) is 4. The maximum Gasteiger partial charge on any atom is 0.321 e. The largest absolute Gasteiger partial charge is 0.369 e. The summed E-state index contributed by atoms with van der Waals surface area (Å²) in [5, 5.41) is 5.06. The molecule has 1 saturated heterocycles. The molecule has 0 radical (unpaired) electrons. The summed E-state index contributed by atoms with van der Waals surface area (Å²) in [6.45, 7) is 7.02. The van der Waals surface area contributed by atoms with E-state index in [0.29, 0.717) is 0 Å². The number of benzene rings is 1. The van der Waals surface area contributed by atoms with E-state index in [1.165, 1.54) is 12.1 Å². The molecule has 2 rings (SSSR count). The summed E-state index contributed by atoms with van der Waals surface area (Å²) < 4.78 is 13.0. The Bertz CT molecular complexity index is 556. The predicted octanol–water partition coefficient (Wildman–Crippen LogP) is 1.57. The Balaban J connectivity index is 1.73. The third-order valence-electron chi connectivity index (χ3n) is 4.17. The van der Waals surface area contributed by atoms with Crippen molar-refractivity contribution in [2.24, 2.45) is 0 Å². The first-order valence-corrected chi connectivity index (χ1v) is 8.31. The first-order valence-electron chi connectivity index (χ1n) is 8.31. The van der Waals surface area contributed by atoms with Crippen molar-refractivity contribution in [3.8, 4) is 0 Å². The summed E-state index contributed by atoms with van der Waals surface area (Å²) in [6.07, 6.45) is 0.812. The molecule has 1 aromatic carbocycles. The van der Waals surface area contributed by atoms with Gasteiger partial charge in [-0.2, -0.15) is 0 Å². The quantitative estimate of drug-likeness (QED) is 0.857. The van der Waals surface area contributed by atoms with Gasteiger partial charge in [-0.05, 0) is 37.6 Å². The molecule has 0 bridgehead atoms. The molecule has 1 heterocycles. The van der Waals surface area contributed by atoms with Crippen LogP contribution in [0.15, 0.2) is 24.3 Å². The Labute approximate surface area is 142 Å². The number of urea groups is 1. The standard InChI is InChI=1S/C17H25FN4O2/c1-3-13(2)19-17(24)20-16(23)12-21-8-10-22(11-9-21)15-6-4-14(18)5-7-15/h4-7,13H,3,8-12H2,1-2H3,(H2,19,20,23,24)/t13-/m0/s1. The van der Waals surface area contributed by atoms with Crippen LogP contribution in [-0.4, -0.2) is 55.6 Å². The second-order valence-electron chi connectivity index (χ2n) is 6.07. The number of carbonyl (C=O) groups is 2. The SMILES string of the molecule is CC[C@H](C)NC(=O)NC(=O)CN1CCN(c2ccc(F)cc2)CC1. The van der Waals surface area contributed by atoms with Crippen LogP contribution in [0.4, 0.5) is 14.9 Å². The average Bonchev–Trinajstić information content (AvgIpc) is 2.56. The Morgan fingerprint density at radius 2 is 1.79 bits per heavy atom. The van der Waals surface area contributed by atoms with Crippen LogP contribution in [0, 0.1) is 5.82 Å². The van der Waals surface area contributed by atoms with Gasteiger partial charge in [0.05, 0.1) is 6.54 Å². The molecule has 0 aromatic heterocycles. The number of piperazine rings is 1. The molecule has 2 N–H and O–H groups in total. The van der Waals surface area contributed by atoms with Crippen molar-refractivity contribution < 1.29 is 14.0 Å². The number of amides is 3. The van der Waals surface area contributed by atoms with E-state index in [9.17, 15) is 14.0 Å². The van der Waals surface area contributed by atoms with E-state index in [2.05, 4.69) is 15.5 Å². The summed E-state index contributed by atoms with van der Waals surface area (Å²) in [5.41, 5.74) is 0.980. The van der Waals surface area contributed by atoms with E-state index in [1.54, 1.807) is 12.1 Å². The third-order valence-corrected chi connectivity index (χ3v) is 4.17. The Morgan fingerprint density at radius 1 is 1.17 bits per heavy atom. The zero-order chi connectivity index (χ0) is 17.5. The second kappa shape index (κ2) is 8.63. The van der Waals surface area contributed by atoms with Gasteiger partial charge >= 0.3 is 6.03 Å². The molecule has 0 saturated carbocycles. The summed E-state index contributed by atoms with van der Waals surface area (Å²) in [6, 6.07) is 6.01. The Morgan fingerprint density at radius 3 is 2.38 bits per heavy atom. The molecule has 6 nitrogen and oxygen atoms in total. The Kier molecular flexibility index (Phi) is 6.54. The molecular weight excluding hydrogens is 311 g/mol. The number of nitrogens with zero attached hydrogens (tertiary/aromatic N) is 2. The number of hydrogen-bond donors (Lipinski definition) is 2. The molecule has 1 aliphatic rings. The van der Waals surface area contributed by atoms with Crippen LogP contribution >= 0.6 is 0 Å². The summed E-state index contributed by atoms with van der Waals surface area (Å²) >= 11 is 0. The smallest absolute Gasteiger partial charge is 0.321 e. The fraction of sp³-hybridized carbons (Fsp3) is 0.529. The van der Waals surface area contributed by atoms with Crippen molar-refractivity contribution in [1.29, 1.82) is 0 Å². The van der Waals surface area contributed by atoms with Gasteiger partial charge in [-0.25, -0.2) is 9.18 Å². The van der Waals surface area contributed by atoms with Crippen molar-refractivity contribution in [3.63, 3.8) is 0 Å². The number of rotatable bonds is 5. The number of nitrogens with one attached hydrogen (secondary N) is 2. The molecule has 3 amide bonds. The number of imide groups is 1. The zero-order valence-electron chi connectivity index (χ0n) is 14.2. The second-order valence-corrected chi connectivity index (χ2v) is 6.07. The van der Waals surface area contributed by atoms with Gasteiger partial charge in [0.25, 0.3) is 0 Å². The monoisotopic (exact) mass is 336 g/mol. The molecule has 1 aliphatic heterocycles. The first kappa shape index (κ1) is 18.2. The predicted molar refractivity (Wildman–Crippen MR) is 91.5 cm³/mol. The topological polar surface area (TPSA) is 64.7 Å². The van der Waals surface area contributed by atoms with Crippen LogP contribution in [-0.2, 0) is 4.79 Å². The normalized spacial score (nSPS) is 16.5. The minimum atomic E-state index is -0.445. The lowest BCUT2D eigenvalue weighted by Gasteiger charge is -2.35. The lowest BCUT2D eigenvalue weighted by molar-refractivity contribution is -0.121. The summed E-state index contributed by atoms with van der Waals surface area (Å²) in [7, 11) is 0. The van der Waals surface area contributed by atoms with Gasteiger partial charge in [0.1, 0.15) is 5.82 Å². The zero-order valence-corrected chi connectivity index (χ0v) is 14.2. The third kappa shape index (κ3) is 5.49. The van der Waals surface area contributed by atoms with Gasteiger partial charge < -0.3 is 10.2 Å². The van der Waals surface area contributed by atoms with E-state index in [1.807, 2.05) is 18.7 Å². The lowest BCUT2D eigenvalue weighted by atomic mass is 10.2. The van der Waals surface area contributed by atoms with Crippen molar-refractivity contribution in [3.05, 3.63) is 30.1 Å². The van der Waals surface area contributed by atoms with Crippen LogP contribution in [0.5, 0.6) is 0 Å². The van der Waals surface area contributed by atoms with Gasteiger partial charge in [0.15, 0.2) is 0 Å². The van der Waals surface area contributed by atoms with Crippen molar-refractivity contribution in [2.45, 2.75) is 26.3 Å². The van der Waals surface area contributed by atoms with Gasteiger partial charge in [-0.1, -0.05) is 6.92 Å². The number of carbonyl (C=O) groups excluding carboxylic acids is 2. The molecular formula is C17H25FN4O2. The number of anilines is 1. The van der Waals surface area contributed by atoms with E-state index >= 15 is 0 Å². The van der Waals surface area contributed by atoms with E-state index < -0.39 is 6.03 Å². The summed E-state index contributed by atoms with van der Waals surface area (Å²) in [4.78, 5) is 27.7. The molecule has 0 spiro atoms. The van der Waals surface area contributed by atoms with Crippen LogP contribution in [0.1, 0.15) is 20.3 Å². The maximum absolute atomic E-state index is 13.0. The highest BCUT2D eigenvalue weighted by atomic mass is 19.1. The first-order chi connectivity index (χ1) is 11.5. The summed E-state index contributed by atoms with van der Waals surface area (Å²) in [5.74, 6) is -0.546. The van der Waals surface area contributed by atoms with E-state index in [0.717, 1.165) is 38.3 Å². The molecule has 0 unspecified atom stereocenters. The highest BCUT2D eigenvalue weighted by Crippen LogP contribution is 2.16. The molecule has 0 aliphatic carbocycles. The molecule has 1 aromatic rings. The fourth-order valence-corrected chi connectivity index (χ4v) is 2.55. The van der Waals surface area contributed by atoms with Crippen LogP contribution in [0.2, 0.25) is 0 Å². The maximum atomic E-state index is 13.0. The molecule has 1 atom stereocenters. The van der Waals surface area contributed by atoms with Gasteiger partial charge in [0, 0.05) is 37.9 Å². The van der Waals surface area contributed by atoms with E-state index in [4.69, 9.17) is 0 Å². The fourth-order valence-electron chi connectivity index (χ4n) is 2.55. The average molecular weight is 336 g/mol. The van der Waals surface area contributed by atoms with Crippen molar-refractivity contribution >= 4 is 17.6 Å². The van der Waals surface area contributed by atoms with Crippen LogP contribution < -0.4 is 15.5 Å². The van der Waals surface area contributed by atoms with Crippen LogP contribution in [0.3, 0.4) is 0 Å². The minimum absolute atomic E-state index is 0.0389. The molecule has 1 fully saturated rings. The van der Waals surface area contributed by atoms with Crippen LogP contribution in [0.25, 0.3) is 0 Å². The molecule has 24 heavy (non-hydrogen) atoms. The van der Waals surface area contributed by atoms with Crippen molar-refractivity contribution in [2.75, 3.05) is 37.6 Å². The lowest BCUT2D eigenvalue weighted by Crippen LogP contribution is -2.51. The molecule has 7 heteroatoms. The minimum Gasteiger partial charge on any atom is -0.369 e. The van der Waals surface area contributed by atoms with Gasteiger partial charge in [-0.15, -0.1) is 0 Å². The van der Waals surface area contributed by atoms with E-state index in [-0.39, 0.29) is 24.3 Å². The van der Waals surface area contributed by atoms with Gasteiger partial charge in [-0.3, -0.25) is 15.0 Å². The van der Waals surface area contributed by atoms with Crippen molar-refractivity contribution in [1.82, 2.24) is 15.5 Å². The molecule has 132 valence electrons. The van der Waals surface area contributed by atoms with Gasteiger partial charge in [0.2, 0.25) is 5.91 Å². The highest BCUT2D eigenvalue weighted by molar-refractivity contribution is 5.95. The highest BCUT2D eigenvalue weighted by Gasteiger charge is 2.20.